The molecule has 4 heterocycles. The third-order valence-corrected chi connectivity index (χ3v) is 9.40. The average Bonchev–Trinajstić information content (AvgIpc) is 3.03. The summed E-state index contributed by atoms with van der Waals surface area (Å²) < 4.78 is 39.7. The lowest BCUT2D eigenvalue weighted by Crippen LogP contribution is -2.66. The predicted octanol–water partition coefficient (Wildman–Crippen LogP) is 5.99. The maximum absolute atomic E-state index is 17.5. The van der Waals surface area contributed by atoms with Crippen LogP contribution >= 0.6 is 11.6 Å². The first-order chi connectivity index (χ1) is 22.3. The summed E-state index contributed by atoms with van der Waals surface area (Å²) in [4.78, 5) is 50.7. The van der Waals surface area contributed by atoms with Gasteiger partial charge in [0.1, 0.15) is 23.3 Å². The van der Waals surface area contributed by atoms with Crippen LogP contribution in [0, 0.1) is 18.6 Å². The Balaban J connectivity index is 1.80. The molecule has 9 nitrogen and oxygen atoms in total. The van der Waals surface area contributed by atoms with Crippen molar-refractivity contribution in [1.29, 1.82) is 0 Å². The van der Waals surface area contributed by atoms with Crippen LogP contribution in [0.1, 0.15) is 37.9 Å². The Morgan fingerprint density at radius 3 is 2.51 bits per heavy atom. The number of methoxy groups -OCH3 is 1. The summed E-state index contributed by atoms with van der Waals surface area (Å²) >= 11 is 6.87. The lowest BCUT2D eigenvalue weighted by Gasteiger charge is -2.50. The molecule has 0 radical (unpaired) electrons. The van der Waals surface area contributed by atoms with Crippen LogP contribution in [-0.2, 0) is 9.59 Å². The van der Waals surface area contributed by atoms with Crippen LogP contribution in [0.4, 0.5) is 20.2 Å². The molecular weight excluding hydrogens is 628 g/mol. The van der Waals surface area contributed by atoms with Crippen molar-refractivity contribution in [2.24, 2.45) is 0 Å². The molecule has 0 N–H and O–H groups in total. The van der Waals surface area contributed by atoms with Crippen molar-refractivity contribution in [3.63, 3.8) is 0 Å². The lowest BCUT2D eigenvalue weighted by atomic mass is 9.95. The number of carbonyl (C=O) groups excluding carboxylic acids is 2. The van der Waals surface area contributed by atoms with E-state index in [9.17, 15) is 14.4 Å². The molecule has 6 rings (SSSR count). The SMILES string of the molecule is C=CC(=O)N1C[C@@H]2C(=O)N(C)c3c(c4cc(Cl)c(-c5c(F)cccc5OC)c(F)c4n(-c4c(C)ccnc4C(C)C)c3=O)N2C[C@H]1C. The van der Waals surface area contributed by atoms with Crippen molar-refractivity contribution in [1.82, 2.24) is 14.5 Å². The fraction of sp³-hybridized carbons (Fsp3) is 0.314. The first-order valence-corrected chi connectivity index (χ1v) is 15.6. The number of halogens is 3. The van der Waals surface area contributed by atoms with Crippen molar-refractivity contribution in [3.8, 4) is 22.6 Å². The summed E-state index contributed by atoms with van der Waals surface area (Å²) in [6.07, 6.45) is 2.82. The molecule has 0 saturated carbocycles. The van der Waals surface area contributed by atoms with Crippen LogP contribution < -0.4 is 20.1 Å². The zero-order valence-corrected chi connectivity index (χ0v) is 27.7. The third-order valence-electron chi connectivity index (χ3n) is 9.11. The second kappa shape index (κ2) is 11.8. The van der Waals surface area contributed by atoms with Crippen molar-refractivity contribution in [3.05, 3.63) is 87.5 Å². The minimum atomic E-state index is -0.946. The quantitative estimate of drug-likeness (QED) is 0.244. The van der Waals surface area contributed by atoms with E-state index in [4.69, 9.17) is 16.3 Å². The van der Waals surface area contributed by atoms with Crippen molar-refractivity contribution in [2.75, 3.05) is 37.0 Å². The van der Waals surface area contributed by atoms with Gasteiger partial charge in [-0.2, -0.15) is 0 Å². The van der Waals surface area contributed by atoms with Crippen LogP contribution in [-0.4, -0.2) is 65.6 Å². The van der Waals surface area contributed by atoms with E-state index in [1.54, 1.807) is 29.0 Å². The van der Waals surface area contributed by atoms with E-state index < -0.39 is 29.1 Å². The fourth-order valence-corrected chi connectivity index (χ4v) is 7.16. The van der Waals surface area contributed by atoms with Gasteiger partial charge in [0.05, 0.1) is 46.8 Å². The number of pyridine rings is 2. The highest BCUT2D eigenvalue weighted by Crippen LogP contribution is 2.47. The molecule has 2 atom stereocenters. The molecule has 2 aromatic heterocycles. The molecule has 0 aliphatic carbocycles. The Morgan fingerprint density at radius 1 is 1.13 bits per heavy atom. The minimum Gasteiger partial charge on any atom is -0.496 e. The predicted molar refractivity (Wildman–Crippen MR) is 179 cm³/mol. The van der Waals surface area contributed by atoms with Gasteiger partial charge in [0, 0.05) is 36.8 Å². The average molecular weight is 662 g/mol. The third kappa shape index (κ3) is 4.78. The van der Waals surface area contributed by atoms with Gasteiger partial charge >= 0.3 is 0 Å². The monoisotopic (exact) mass is 661 g/mol. The minimum absolute atomic E-state index is 0.0269. The highest BCUT2D eigenvalue weighted by atomic mass is 35.5. The van der Waals surface area contributed by atoms with E-state index in [1.165, 1.54) is 54.0 Å². The summed E-state index contributed by atoms with van der Waals surface area (Å²) in [5.41, 5.74) is 0.552. The van der Waals surface area contributed by atoms with Gasteiger partial charge < -0.3 is 19.4 Å². The van der Waals surface area contributed by atoms with Gasteiger partial charge in [-0.15, -0.1) is 0 Å². The van der Waals surface area contributed by atoms with Gasteiger partial charge in [0.2, 0.25) is 5.91 Å². The van der Waals surface area contributed by atoms with Crippen LogP contribution in [0.25, 0.3) is 27.7 Å². The van der Waals surface area contributed by atoms with E-state index in [0.29, 0.717) is 22.6 Å². The summed E-state index contributed by atoms with van der Waals surface area (Å²) in [5.74, 6) is -2.56. The van der Waals surface area contributed by atoms with Crippen LogP contribution in [0.3, 0.4) is 0 Å². The van der Waals surface area contributed by atoms with E-state index in [2.05, 4.69) is 11.6 Å². The fourth-order valence-electron chi connectivity index (χ4n) is 6.87. The van der Waals surface area contributed by atoms with E-state index in [1.807, 2.05) is 20.8 Å². The number of aryl methyl sites for hydroxylation is 1. The number of fused-ring (bicyclic) bond motifs is 5. The zero-order valence-electron chi connectivity index (χ0n) is 26.9. The number of carbonyl (C=O) groups is 2. The van der Waals surface area contributed by atoms with Gasteiger partial charge in [-0.3, -0.25) is 23.9 Å². The van der Waals surface area contributed by atoms with E-state index >= 15 is 8.78 Å². The number of hydrogen-bond donors (Lipinski definition) is 0. The molecule has 4 aromatic rings. The first kappa shape index (κ1) is 32.2. The molecule has 2 amide bonds. The maximum Gasteiger partial charge on any atom is 0.281 e. The van der Waals surface area contributed by atoms with Crippen LogP contribution in [0.2, 0.25) is 5.02 Å². The Labute approximate surface area is 275 Å². The van der Waals surface area contributed by atoms with Crippen molar-refractivity contribution < 1.29 is 23.1 Å². The summed E-state index contributed by atoms with van der Waals surface area (Å²) in [6.45, 7) is 11.2. The largest absolute Gasteiger partial charge is 0.496 e. The molecule has 2 aromatic carbocycles. The Hall–Kier alpha value is -4.77. The molecule has 1 saturated heterocycles. The van der Waals surface area contributed by atoms with E-state index in [-0.39, 0.29) is 69.4 Å². The highest BCUT2D eigenvalue weighted by Gasteiger charge is 2.46. The number of likely N-dealkylation sites (N-methyl/N-ethyl adjacent to an activating group) is 1. The molecule has 0 spiro atoms. The van der Waals surface area contributed by atoms with Gasteiger partial charge in [0.15, 0.2) is 5.82 Å². The first-order valence-electron chi connectivity index (χ1n) is 15.2. The molecule has 244 valence electrons. The number of nitrogens with zero attached hydrogens (tertiary/aromatic N) is 5. The molecule has 0 bridgehead atoms. The summed E-state index contributed by atoms with van der Waals surface area (Å²) in [6, 6.07) is 6.09. The Bertz CT molecular complexity index is 2060. The number of amides is 2. The number of aromatic nitrogens is 2. The highest BCUT2D eigenvalue weighted by molar-refractivity contribution is 6.35. The van der Waals surface area contributed by atoms with Gasteiger partial charge in [0.25, 0.3) is 11.5 Å². The Morgan fingerprint density at radius 2 is 1.85 bits per heavy atom. The number of ether oxygens (including phenoxy) is 1. The molecule has 2 aliphatic rings. The second-order valence-electron chi connectivity index (χ2n) is 12.2. The summed E-state index contributed by atoms with van der Waals surface area (Å²) in [7, 11) is 2.83. The van der Waals surface area contributed by atoms with Crippen LogP contribution in [0.15, 0.2) is 54.0 Å². The Kier molecular flexibility index (Phi) is 8.07. The second-order valence-corrected chi connectivity index (χ2v) is 12.6. The number of anilines is 2. The summed E-state index contributed by atoms with van der Waals surface area (Å²) in [5, 5.41) is 0.113. The number of rotatable bonds is 5. The molecule has 0 unspecified atom stereocenters. The number of benzene rings is 2. The molecule has 2 aliphatic heterocycles. The maximum atomic E-state index is 17.5. The number of piperazine rings is 1. The molecular formula is C35H34ClF2N5O4. The van der Waals surface area contributed by atoms with Crippen molar-refractivity contribution >= 4 is 45.7 Å². The van der Waals surface area contributed by atoms with Crippen LogP contribution in [0.5, 0.6) is 5.75 Å². The topological polar surface area (TPSA) is 88.0 Å². The van der Waals surface area contributed by atoms with Gasteiger partial charge in [-0.05, 0) is 55.7 Å². The molecule has 47 heavy (non-hydrogen) atoms. The van der Waals surface area contributed by atoms with E-state index in [0.717, 1.165) is 0 Å². The number of hydrogen-bond acceptors (Lipinski definition) is 6. The smallest absolute Gasteiger partial charge is 0.281 e. The standard InChI is InChI=1S/C35H34ClF2N5O4/c1-8-25(44)41-16-23-34(45)40(6)33-32(42(23)15-19(41)5)20-14-21(36)26(27-22(37)10-9-11-24(27)47-7)28(38)31(20)43(35(33)46)30-18(4)12-13-39-29(30)17(2)3/h8-14,17,19,23H,1,15-16H2,2-7H3/t19-,23-/m1/s1. The van der Waals surface area contributed by atoms with Crippen molar-refractivity contribution in [2.45, 2.75) is 45.7 Å². The lowest BCUT2D eigenvalue weighted by molar-refractivity contribution is -0.130. The normalized spacial score (nSPS) is 17.7. The molecule has 1 fully saturated rings. The molecule has 12 heteroatoms. The zero-order chi connectivity index (χ0) is 34.1. The van der Waals surface area contributed by atoms with Gasteiger partial charge in [-0.1, -0.05) is 38.1 Å². The van der Waals surface area contributed by atoms with Gasteiger partial charge in [-0.25, -0.2) is 8.78 Å².